The van der Waals surface area contributed by atoms with Gasteiger partial charge in [0.25, 0.3) is 11.7 Å². The third-order valence-electron chi connectivity index (χ3n) is 15.4. The molecule has 0 aromatic carbocycles. The van der Waals surface area contributed by atoms with E-state index >= 15 is 0 Å². The van der Waals surface area contributed by atoms with Gasteiger partial charge in [-0.2, -0.15) is 13.2 Å². The van der Waals surface area contributed by atoms with Crippen LogP contribution in [-0.4, -0.2) is 164 Å². The van der Waals surface area contributed by atoms with E-state index in [-0.39, 0.29) is 94.3 Å². The number of hydrogen-bond donors (Lipinski definition) is 3. The number of hydrogen-bond acceptors (Lipinski definition) is 15. The molecule has 4 rings (SSSR count). The molecule has 0 aromatic rings. The number of Topliss-reactive ketones (excluding diaryl/α,β-unsaturated/α-hetero) is 3. The van der Waals surface area contributed by atoms with Crippen molar-refractivity contribution >= 4 is 29.2 Å². The third-order valence-corrected chi connectivity index (χ3v) is 15.4. The minimum atomic E-state index is -4.53. The Bertz CT molecular complexity index is 1990. The van der Waals surface area contributed by atoms with Gasteiger partial charge >= 0.3 is 12.1 Å². The van der Waals surface area contributed by atoms with Crippen molar-refractivity contribution in [1.29, 1.82) is 0 Å². The Kier molecular flexibility index (Phi) is 26.0. The number of rotatable bonds is 13. The molecule has 19 heteroatoms. The molecular formula is C56H86F3NO15. The first-order valence-corrected chi connectivity index (χ1v) is 26.9. The number of piperidine rings is 1. The number of ether oxygens (including phenoxy) is 7. The Hall–Kier alpha value is -3.66. The number of methoxy groups -OCH3 is 2. The van der Waals surface area contributed by atoms with Gasteiger partial charge in [0.05, 0.1) is 50.8 Å². The number of carbonyl (C=O) groups is 5. The second-order valence-electron chi connectivity index (χ2n) is 21.5. The molecule has 1 aliphatic carbocycles. The van der Waals surface area contributed by atoms with Gasteiger partial charge in [-0.15, -0.1) is 0 Å². The van der Waals surface area contributed by atoms with Crippen LogP contribution in [0.1, 0.15) is 126 Å². The van der Waals surface area contributed by atoms with Crippen LogP contribution >= 0.6 is 0 Å². The van der Waals surface area contributed by atoms with Crippen molar-refractivity contribution in [2.24, 2.45) is 35.5 Å². The lowest BCUT2D eigenvalue weighted by Crippen LogP contribution is -2.61. The highest BCUT2D eigenvalue weighted by atomic mass is 19.4. The number of allylic oxidation sites excluding steroid dienone is 6. The van der Waals surface area contributed by atoms with Crippen LogP contribution in [0.25, 0.3) is 0 Å². The maximum Gasteiger partial charge on any atom is 0.411 e. The van der Waals surface area contributed by atoms with Gasteiger partial charge in [0.1, 0.15) is 36.7 Å². The van der Waals surface area contributed by atoms with E-state index in [4.69, 9.17) is 33.2 Å². The summed E-state index contributed by atoms with van der Waals surface area (Å²) in [5.41, 5.74) is 0.982. The SMILES string of the molecule is CO[C@@H]1C[C@H](C[C@@H](C)[C@@H]2CC(=O)[C@H](C)/C=C(\C)[C@@H](O)[C@@H](OC)C(=O)[C@H](C)C[C@H](C)/C=C/C=C/C=C(\C)[C@@H](OCCOCC(F)(F)F)C[C@@H]3CC[C@@H](C)[C@@](O)(O3)C(=O)C(=O)N3CCCC[C@H]3C(=O)O2)CC[C@H]1OCCO. The van der Waals surface area contributed by atoms with Crippen molar-refractivity contribution in [2.45, 2.75) is 186 Å². The highest BCUT2D eigenvalue weighted by Gasteiger charge is 2.53. The van der Waals surface area contributed by atoms with E-state index in [0.29, 0.717) is 56.1 Å². The lowest BCUT2D eigenvalue weighted by Gasteiger charge is -2.43. The number of ketones is 3. The van der Waals surface area contributed by atoms with E-state index in [1.165, 1.54) is 7.11 Å². The van der Waals surface area contributed by atoms with Crippen molar-refractivity contribution in [1.82, 2.24) is 4.90 Å². The standard InChI is InChI=1S/C56H86F3NO15/c1-34-15-11-10-12-16-35(2)46(73-26-25-71-33-55(57,58)59)31-42-20-18-40(7)56(68,75-42)52(65)53(66)60-22-14-13-17-43(60)54(67)74-47(37(4)29-41-19-21-45(72-24-23-61)48(30-41)69-8)32-44(62)36(3)28-39(6)50(64)51(70-9)49(63)38(5)27-34/h10-12,15-16,28,34,36-38,40-43,45-48,50-51,61,64,68H,13-14,17-27,29-33H2,1-9H3/b12-10+,15-11+,35-16+,39-28+/t34-,36-,37-,38-,40-,41+,42+,43+,45-,46+,47+,48-,50-,51+,56-/m1/s1. The van der Waals surface area contributed by atoms with Crippen molar-refractivity contribution in [3.05, 3.63) is 47.6 Å². The molecule has 3 heterocycles. The number of fused-ring (bicyclic) bond motifs is 3. The Morgan fingerprint density at radius 1 is 0.853 bits per heavy atom. The first kappa shape index (κ1) is 63.9. The highest BCUT2D eigenvalue weighted by Crippen LogP contribution is 2.38. The number of cyclic esters (lactones) is 1. The van der Waals surface area contributed by atoms with E-state index in [0.717, 1.165) is 11.3 Å². The van der Waals surface area contributed by atoms with Gasteiger partial charge in [0, 0.05) is 51.4 Å². The summed E-state index contributed by atoms with van der Waals surface area (Å²) in [5, 5.41) is 33.0. The summed E-state index contributed by atoms with van der Waals surface area (Å²) in [6.45, 7) is 10.2. The summed E-state index contributed by atoms with van der Waals surface area (Å²) in [5.74, 6) is -8.98. The predicted molar refractivity (Wildman–Crippen MR) is 272 cm³/mol. The van der Waals surface area contributed by atoms with Gasteiger partial charge in [0.2, 0.25) is 5.79 Å². The molecule has 0 radical (unpaired) electrons. The molecule has 426 valence electrons. The van der Waals surface area contributed by atoms with Gasteiger partial charge in [0.15, 0.2) is 5.78 Å². The van der Waals surface area contributed by atoms with Gasteiger partial charge in [-0.25, -0.2) is 4.79 Å². The molecule has 3 aliphatic heterocycles. The van der Waals surface area contributed by atoms with Crippen LogP contribution in [-0.2, 0) is 57.1 Å². The number of alkyl halides is 3. The summed E-state index contributed by atoms with van der Waals surface area (Å²) in [7, 11) is 2.94. The van der Waals surface area contributed by atoms with E-state index in [9.17, 15) is 52.5 Å². The summed E-state index contributed by atoms with van der Waals surface area (Å²) in [6, 6.07) is -1.23. The molecule has 1 saturated carbocycles. The largest absolute Gasteiger partial charge is 0.460 e. The molecular weight excluding hydrogens is 984 g/mol. The zero-order valence-electron chi connectivity index (χ0n) is 45.6. The minimum Gasteiger partial charge on any atom is -0.460 e. The van der Waals surface area contributed by atoms with E-state index < -0.39 is 96.5 Å². The lowest BCUT2D eigenvalue weighted by molar-refractivity contribution is -0.266. The third kappa shape index (κ3) is 19.0. The number of aliphatic hydroxyl groups is 3. The molecule has 2 bridgehead atoms. The molecule has 3 N–H and O–H groups in total. The van der Waals surface area contributed by atoms with E-state index in [1.807, 2.05) is 19.9 Å². The zero-order chi connectivity index (χ0) is 55.6. The molecule has 2 saturated heterocycles. The fourth-order valence-electron chi connectivity index (χ4n) is 10.8. The second kappa shape index (κ2) is 30.5. The Labute approximate surface area is 441 Å². The summed E-state index contributed by atoms with van der Waals surface area (Å²) < 4.78 is 79.0. The molecule has 0 unspecified atom stereocenters. The van der Waals surface area contributed by atoms with Crippen LogP contribution in [0, 0.1) is 35.5 Å². The van der Waals surface area contributed by atoms with E-state index in [2.05, 4.69) is 0 Å². The number of esters is 1. The normalized spacial score (nSPS) is 36.9. The number of aliphatic hydroxyl groups excluding tert-OH is 2. The lowest BCUT2D eigenvalue weighted by atomic mass is 9.78. The fourth-order valence-corrected chi connectivity index (χ4v) is 10.8. The average molecular weight is 1070 g/mol. The summed E-state index contributed by atoms with van der Waals surface area (Å²) in [6.07, 6.45) is 4.90. The van der Waals surface area contributed by atoms with Gasteiger partial charge in [-0.05, 0) is 107 Å². The number of amides is 1. The van der Waals surface area contributed by atoms with Crippen LogP contribution in [0.3, 0.4) is 0 Å². The molecule has 0 aromatic heterocycles. The van der Waals surface area contributed by atoms with Crippen LogP contribution in [0.2, 0.25) is 0 Å². The molecule has 16 nitrogen and oxygen atoms in total. The van der Waals surface area contributed by atoms with Crippen molar-refractivity contribution < 1.29 is 85.6 Å². The van der Waals surface area contributed by atoms with E-state index in [1.54, 1.807) is 72.1 Å². The highest BCUT2D eigenvalue weighted by molar-refractivity contribution is 6.39. The molecule has 75 heavy (non-hydrogen) atoms. The maximum absolute atomic E-state index is 14.5. The average Bonchev–Trinajstić information content (AvgIpc) is 3.37. The predicted octanol–water partition coefficient (Wildman–Crippen LogP) is 7.15. The van der Waals surface area contributed by atoms with Crippen LogP contribution in [0.15, 0.2) is 47.6 Å². The van der Waals surface area contributed by atoms with Crippen LogP contribution in [0.4, 0.5) is 13.2 Å². The molecule has 3 fully saturated rings. The number of halogens is 3. The molecule has 0 spiro atoms. The molecule has 15 atom stereocenters. The zero-order valence-corrected chi connectivity index (χ0v) is 45.6. The monoisotopic (exact) mass is 1070 g/mol. The van der Waals surface area contributed by atoms with Crippen molar-refractivity contribution in [2.75, 3.05) is 53.8 Å². The topological polar surface area (TPSA) is 214 Å². The van der Waals surface area contributed by atoms with Crippen molar-refractivity contribution in [3.8, 4) is 0 Å². The Morgan fingerprint density at radius 3 is 2.27 bits per heavy atom. The fraction of sp³-hybridized carbons (Fsp3) is 0.768. The second-order valence-corrected chi connectivity index (χ2v) is 21.5. The first-order valence-electron chi connectivity index (χ1n) is 26.9. The minimum absolute atomic E-state index is 0.00247. The smallest absolute Gasteiger partial charge is 0.411 e. The maximum atomic E-state index is 14.5. The van der Waals surface area contributed by atoms with Gasteiger partial charge in [-0.1, -0.05) is 71.1 Å². The summed E-state index contributed by atoms with van der Waals surface area (Å²) in [4.78, 5) is 72.5. The quantitative estimate of drug-likeness (QED) is 0.0723. The van der Waals surface area contributed by atoms with Gasteiger partial charge in [-0.3, -0.25) is 19.2 Å². The van der Waals surface area contributed by atoms with Crippen LogP contribution in [0.5, 0.6) is 0 Å². The summed E-state index contributed by atoms with van der Waals surface area (Å²) >= 11 is 0. The number of nitrogens with zero attached hydrogens (tertiary/aromatic N) is 1. The number of carbonyl (C=O) groups excluding carboxylic acids is 5. The molecule has 4 aliphatic rings. The molecule has 1 amide bonds. The Balaban J connectivity index is 1.71. The Morgan fingerprint density at radius 2 is 1.59 bits per heavy atom. The van der Waals surface area contributed by atoms with Gasteiger partial charge < -0.3 is 53.4 Å². The van der Waals surface area contributed by atoms with Crippen LogP contribution < -0.4 is 0 Å². The van der Waals surface area contributed by atoms with Crippen molar-refractivity contribution in [3.63, 3.8) is 0 Å². The first-order chi connectivity index (χ1) is 35.4.